The van der Waals surface area contributed by atoms with Crippen molar-refractivity contribution in [1.29, 1.82) is 0 Å². The largest absolute Gasteiger partial charge is 0.488 e. The van der Waals surface area contributed by atoms with Gasteiger partial charge in [-0.05, 0) is 79.4 Å². The highest BCUT2D eigenvalue weighted by molar-refractivity contribution is 5.81. The first-order valence-electron chi connectivity index (χ1n) is 13.2. The number of anilines is 1. The van der Waals surface area contributed by atoms with E-state index in [1.54, 1.807) is 6.33 Å². The van der Waals surface area contributed by atoms with Gasteiger partial charge in [0.25, 0.3) is 0 Å². The topological polar surface area (TPSA) is 78.9 Å². The Kier molecular flexibility index (Phi) is 5.39. The highest BCUT2D eigenvalue weighted by Crippen LogP contribution is 2.62. The summed E-state index contributed by atoms with van der Waals surface area (Å²) in [6.07, 6.45) is 10.4. The lowest BCUT2D eigenvalue weighted by molar-refractivity contribution is -0.00649. The van der Waals surface area contributed by atoms with E-state index in [0.717, 1.165) is 54.2 Å². The van der Waals surface area contributed by atoms with E-state index in [4.69, 9.17) is 10.5 Å². The quantitative estimate of drug-likeness (QED) is 0.320. The molecule has 0 radical (unpaired) electrons. The third-order valence-electron chi connectivity index (χ3n) is 8.91. The molecule has 2 heterocycles. The molecular formula is C29H28F3N5O. The van der Waals surface area contributed by atoms with Crippen LogP contribution in [0.4, 0.5) is 19.0 Å². The number of ether oxygens (including phenoxy) is 1. The molecule has 4 aliphatic rings. The van der Waals surface area contributed by atoms with Gasteiger partial charge in [0.2, 0.25) is 0 Å². The third kappa shape index (κ3) is 3.90. The summed E-state index contributed by atoms with van der Waals surface area (Å²) in [6.45, 7) is 0.285. The minimum atomic E-state index is -1.21. The molecule has 4 saturated carbocycles. The molecule has 2 aromatic heterocycles. The number of nitrogen functional groups attached to an aromatic ring is 1. The van der Waals surface area contributed by atoms with Crippen LogP contribution in [0.25, 0.3) is 11.2 Å². The molecular weight excluding hydrogens is 491 g/mol. The molecule has 4 aromatic rings. The minimum absolute atomic E-state index is 0.0152. The molecule has 196 valence electrons. The fraction of sp³-hybridized carbons (Fsp3) is 0.414. The zero-order valence-electron chi connectivity index (χ0n) is 20.8. The Morgan fingerprint density at radius 1 is 0.895 bits per heavy atom. The maximum Gasteiger partial charge on any atom is 0.165 e. The molecule has 9 heteroatoms. The van der Waals surface area contributed by atoms with Gasteiger partial charge in [0.05, 0.1) is 12.9 Å². The second kappa shape index (κ2) is 8.71. The lowest BCUT2D eigenvalue weighted by Crippen LogP contribution is -2.48. The third-order valence-corrected chi connectivity index (χ3v) is 8.91. The second-order valence-corrected chi connectivity index (χ2v) is 11.5. The normalized spacial score (nSPS) is 25.8. The fourth-order valence-electron chi connectivity index (χ4n) is 7.70. The number of nitrogens with two attached hydrogens (primary N) is 1. The average molecular weight is 520 g/mol. The molecule has 2 N–H and O–H groups in total. The lowest BCUT2D eigenvalue weighted by atomic mass is 9.48. The van der Waals surface area contributed by atoms with Crippen molar-refractivity contribution >= 4 is 17.0 Å². The molecule has 2 aromatic carbocycles. The van der Waals surface area contributed by atoms with Crippen LogP contribution in [0.1, 0.15) is 55.2 Å². The van der Waals surface area contributed by atoms with E-state index in [2.05, 4.69) is 27.1 Å². The Bertz CT molecular complexity index is 1520. The van der Waals surface area contributed by atoms with E-state index < -0.39 is 17.5 Å². The number of fused-ring (bicyclic) bond motifs is 1. The van der Waals surface area contributed by atoms with Gasteiger partial charge < -0.3 is 15.0 Å². The van der Waals surface area contributed by atoms with Crippen molar-refractivity contribution in [2.75, 3.05) is 5.73 Å². The van der Waals surface area contributed by atoms with E-state index in [1.165, 1.54) is 25.6 Å². The Morgan fingerprint density at radius 3 is 2.34 bits per heavy atom. The molecule has 4 bridgehead atoms. The predicted molar refractivity (Wildman–Crippen MR) is 136 cm³/mol. The molecule has 0 aliphatic heterocycles. The molecule has 0 spiro atoms. The number of aromatic nitrogens is 4. The summed E-state index contributed by atoms with van der Waals surface area (Å²) in [4.78, 5) is 12.7. The van der Waals surface area contributed by atoms with Crippen LogP contribution in [0.2, 0.25) is 0 Å². The Hall–Kier alpha value is -3.62. The van der Waals surface area contributed by atoms with Crippen LogP contribution in [0, 0.1) is 35.2 Å². The van der Waals surface area contributed by atoms with Crippen molar-refractivity contribution in [3.8, 4) is 5.75 Å². The number of nitrogens with zero attached hydrogens (tertiary/aromatic N) is 4. The number of hydrogen-bond donors (Lipinski definition) is 1. The molecule has 0 saturated heterocycles. The number of benzene rings is 2. The SMILES string of the molecule is Nc1ncnc2c1ncn2Cc1ccc(C23CC4CC(CC(C4)C2)C3)c(OCc2cc(F)c(F)cc2F)c1. The van der Waals surface area contributed by atoms with Crippen LogP contribution in [-0.2, 0) is 18.6 Å². The van der Waals surface area contributed by atoms with Crippen LogP contribution in [0.15, 0.2) is 43.0 Å². The summed E-state index contributed by atoms with van der Waals surface area (Å²) in [7, 11) is 0. The monoisotopic (exact) mass is 519 g/mol. The second-order valence-electron chi connectivity index (χ2n) is 11.5. The maximum absolute atomic E-state index is 14.4. The average Bonchev–Trinajstić information content (AvgIpc) is 3.28. The van der Waals surface area contributed by atoms with Gasteiger partial charge in [0.1, 0.15) is 30.0 Å². The Balaban J connectivity index is 1.25. The molecule has 4 aliphatic carbocycles. The van der Waals surface area contributed by atoms with E-state index in [1.807, 2.05) is 10.6 Å². The lowest BCUT2D eigenvalue weighted by Gasteiger charge is -2.57. The van der Waals surface area contributed by atoms with E-state index in [0.29, 0.717) is 35.3 Å². The minimum Gasteiger partial charge on any atom is -0.488 e. The van der Waals surface area contributed by atoms with Crippen LogP contribution in [0.3, 0.4) is 0 Å². The summed E-state index contributed by atoms with van der Waals surface area (Å²) in [5.74, 6) is 0.0848. The van der Waals surface area contributed by atoms with Crippen LogP contribution in [-0.4, -0.2) is 19.5 Å². The van der Waals surface area contributed by atoms with Gasteiger partial charge in [-0.2, -0.15) is 0 Å². The van der Waals surface area contributed by atoms with E-state index in [9.17, 15) is 13.2 Å². The smallest absolute Gasteiger partial charge is 0.165 e. The predicted octanol–water partition coefficient (Wildman–Crippen LogP) is 5.92. The van der Waals surface area contributed by atoms with Gasteiger partial charge in [-0.15, -0.1) is 0 Å². The number of halogens is 3. The molecule has 0 amide bonds. The van der Waals surface area contributed by atoms with Crippen molar-refractivity contribution in [2.45, 2.75) is 57.1 Å². The zero-order valence-corrected chi connectivity index (χ0v) is 20.8. The Labute approximate surface area is 218 Å². The first kappa shape index (κ1) is 23.5. The molecule has 4 fully saturated rings. The first-order chi connectivity index (χ1) is 18.4. The molecule has 38 heavy (non-hydrogen) atoms. The molecule has 0 atom stereocenters. The van der Waals surface area contributed by atoms with E-state index >= 15 is 0 Å². The van der Waals surface area contributed by atoms with Gasteiger partial charge in [0.15, 0.2) is 23.1 Å². The standard InChI is InChI=1S/C29H28F3N5O/c30-22-8-24(32)23(31)7-20(22)13-38-25-6-16(12-37-15-36-26-27(33)34-14-35-28(26)37)1-2-21(25)29-9-17-3-18(10-29)5-19(4-17)11-29/h1-2,6-8,14-15,17-19H,3-5,9-13H2,(H2,33,34,35). The number of rotatable bonds is 6. The summed E-state index contributed by atoms with van der Waals surface area (Å²) < 4.78 is 50.0. The van der Waals surface area contributed by atoms with Crippen molar-refractivity contribution in [2.24, 2.45) is 17.8 Å². The summed E-state index contributed by atoms with van der Waals surface area (Å²) in [6, 6.07) is 7.70. The molecule has 8 rings (SSSR count). The summed E-state index contributed by atoms with van der Waals surface area (Å²) in [5.41, 5.74) is 9.25. The van der Waals surface area contributed by atoms with Crippen LogP contribution >= 0.6 is 0 Å². The maximum atomic E-state index is 14.4. The van der Waals surface area contributed by atoms with Crippen molar-refractivity contribution in [3.05, 3.63) is 77.1 Å². The van der Waals surface area contributed by atoms with Crippen LogP contribution in [0.5, 0.6) is 5.75 Å². The zero-order chi connectivity index (χ0) is 26.0. The van der Waals surface area contributed by atoms with Crippen molar-refractivity contribution < 1.29 is 17.9 Å². The summed E-state index contributed by atoms with van der Waals surface area (Å²) >= 11 is 0. The number of hydrogen-bond acceptors (Lipinski definition) is 5. The summed E-state index contributed by atoms with van der Waals surface area (Å²) in [5, 5.41) is 0. The van der Waals surface area contributed by atoms with Gasteiger partial charge in [-0.1, -0.05) is 12.1 Å². The van der Waals surface area contributed by atoms with Gasteiger partial charge >= 0.3 is 0 Å². The van der Waals surface area contributed by atoms with Gasteiger partial charge in [0, 0.05) is 17.2 Å². The molecule has 0 unspecified atom stereocenters. The van der Waals surface area contributed by atoms with Crippen molar-refractivity contribution in [1.82, 2.24) is 19.5 Å². The number of imidazole rings is 1. The van der Waals surface area contributed by atoms with E-state index in [-0.39, 0.29) is 17.6 Å². The Morgan fingerprint density at radius 2 is 1.61 bits per heavy atom. The van der Waals surface area contributed by atoms with Gasteiger partial charge in [-0.25, -0.2) is 28.1 Å². The first-order valence-corrected chi connectivity index (χ1v) is 13.2. The molecule has 6 nitrogen and oxygen atoms in total. The van der Waals surface area contributed by atoms with Crippen LogP contribution < -0.4 is 10.5 Å². The van der Waals surface area contributed by atoms with Crippen molar-refractivity contribution in [3.63, 3.8) is 0 Å². The highest BCUT2D eigenvalue weighted by Gasteiger charge is 2.52. The fourth-order valence-corrected chi connectivity index (χ4v) is 7.70. The van der Waals surface area contributed by atoms with Gasteiger partial charge in [-0.3, -0.25) is 0 Å². The highest BCUT2D eigenvalue weighted by atomic mass is 19.2.